The summed E-state index contributed by atoms with van der Waals surface area (Å²) in [5.41, 5.74) is 1.12. The van der Waals surface area contributed by atoms with Gasteiger partial charge in [-0.1, -0.05) is 17.7 Å². The molecule has 0 aliphatic carbocycles. The zero-order valence-corrected chi connectivity index (χ0v) is 23.8. The molecule has 0 unspecified atom stereocenters. The lowest BCUT2D eigenvalue weighted by Gasteiger charge is -2.34. The molecule has 0 spiro atoms. The maximum absolute atomic E-state index is 14.5. The van der Waals surface area contributed by atoms with Crippen molar-refractivity contribution in [3.05, 3.63) is 88.6 Å². The van der Waals surface area contributed by atoms with Crippen molar-refractivity contribution in [2.24, 2.45) is 5.92 Å². The summed E-state index contributed by atoms with van der Waals surface area (Å²) >= 11 is 5.94. The molecule has 42 heavy (non-hydrogen) atoms. The predicted octanol–water partition coefficient (Wildman–Crippen LogP) is 5.62. The fourth-order valence-electron chi connectivity index (χ4n) is 5.77. The first-order valence-corrected chi connectivity index (χ1v) is 14.2. The van der Waals surface area contributed by atoms with Gasteiger partial charge in [0.05, 0.1) is 16.6 Å². The first-order valence-electron chi connectivity index (χ1n) is 13.9. The zero-order valence-electron chi connectivity index (χ0n) is 23.1. The van der Waals surface area contributed by atoms with Gasteiger partial charge in [-0.25, -0.2) is 18.6 Å². The van der Waals surface area contributed by atoms with E-state index in [1.54, 1.807) is 17.0 Å². The summed E-state index contributed by atoms with van der Waals surface area (Å²) in [6.45, 7) is 3.95. The number of halogens is 3. The maximum atomic E-state index is 14.5. The van der Waals surface area contributed by atoms with Crippen LogP contribution in [0.2, 0.25) is 5.02 Å². The Labute approximate surface area is 248 Å². The number of nitrogens with zero attached hydrogens (tertiary/aromatic N) is 5. The van der Waals surface area contributed by atoms with E-state index in [-0.39, 0.29) is 41.6 Å². The summed E-state index contributed by atoms with van der Waals surface area (Å²) in [7, 11) is 0. The number of nitriles is 1. The van der Waals surface area contributed by atoms with E-state index in [0.29, 0.717) is 43.6 Å². The van der Waals surface area contributed by atoms with E-state index in [1.165, 1.54) is 47.5 Å². The number of aromatic nitrogens is 1. The van der Waals surface area contributed by atoms with Gasteiger partial charge in [0.15, 0.2) is 0 Å². The second-order valence-corrected chi connectivity index (χ2v) is 10.9. The fourth-order valence-corrected chi connectivity index (χ4v) is 5.88. The number of amides is 2. The molecule has 2 atom stereocenters. The number of hydrogen-bond donors (Lipinski definition) is 0. The average molecular weight is 594 g/mol. The van der Waals surface area contributed by atoms with E-state index >= 15 is 0 Å². The van der Waals surface area contributed by atoms with E-state index in [9.17, 15) is 18.4 Å². The van der Waals surface area contributed by atoms with Gasteiger partial charge in [0.1, 0.15) is 29.3 Å². The SMILES string of the molecule is CCN(C(=O)Oc1ccc(F)cc1)[C@@H]1CN(C(=O)C2CCN(c3ccc(C#N)cn3)CC2)C[C@H]1c1ccc(Cl)c(F)c1. The number of carbonyl (C=O) groups excluding carboxylic acids is 2. The van der Waals surface area contributed by atoms with Gasteiger partial charge in [-0.2, -0.15) is 5.26 Å². The Bertz CT molecular complexity index is 1470. The summed E-state index contributed by atoms with van der Waals surface area (Å²) in [5.74, 6) is -0.638. The fraction of sp³-hybridized carbons (Fsp3) is 0.355. The molecule has 2 aromatic carbocycles. The molecular weight excluding hydrogens is 564 g/mol. The molecular formula is C31H30ClF2N5O3. The lowest BCUT2D eigenvalue weighted by Crippen LogP contribution is -2.47. The van der Waals surface area contributed by atoms with Crippen molar-refractivity contribution in [2.45, 2.75) is 31.7 Å². The van der Waals surface area contributed by atoms with E-state index < -0.39 is 23.8 Å². The molecule has 0 saturated carbocycles. The summed E-state index contributed by atoms with van der Waals surface area (Å²) in [6.07, 6.45) is 2.17. The van der Waals surface area contributed by atoms with E-state index in [4.69, 9.17) is 21.6 Å². The minimum absolute atomic E-state index is 0.00666. The Morgan fingerprint density at radius 3 is 2.45 bits per heavy atom. The minimum Gasteiger partial charge on any atom is -0.410 e. The molecule has 5 rings (SSSR count). The number of likely N-dealkylation sites (tertiary alicyclic amines) is 1. The predicted molar refractivity (Wildman–Crippen MR) is 153 cm³/mol. The van der Waals surface area contributed by atoms with Crippen molar-refractivity contribution in [3.8, 4) is 11.8 Å². The molecule has 8 nitrogen and oxygen atoms in total. The number of benzene rings is 2. The van der Waals surface area contributed by atoms with Crippen molar-refractivity contribution in [1.82, 2.24) is 14.8 Å². The van der Waals surface area contributed by atoms with Crippen molar-refractivity contribution in [2.75, 3.05) is 37.6 Å². The Morgan fingerprint density at radius 2 is 1.83 bits per heavy atom. The number of ether oxygens (including phenoxy) is 1. The van der Waals surface area contributed by atoms with Crippen LogP contribution in [0.5, 0.6) is 5.75 Å². The molecule has 0 radical (unpaired) electrons. The summed E-state index contributed by atoms with van der Waals surface area (Å²) in [5, 5.41) is 9.01. The lowest BCUT2D eigenvalue weighted by molar-refractivity contribution is -0.135. The highest BCUT2D eigenvalue weighted by molar-refractivity contribution is 6.30. The van der Waals surface area contributed by atoms with Gasteiger partial charge in [0.25, 0.3) is 0 Å². The van der Waals surface area contributed by atoms with Crippen LogP contribution in [-0.2, 0) is 4.79 Å². The van der Waals surface area contributed by atoms with Gasteiger partial charge in [0, 0.05) is 50.8 Å². The van der Waals surface area contributed by atoms with Crippen LogP contribution in [0, 0.1) is 28.9 Å². The standard InChI is InChI=1S/C31H30ClF2N5O3/c1-2-39(31(41)42-24-7-5-23(33)6-8-24)28-19-38(18-25(28)22-4-9-26(32)27(34)15-22)30(40)21-11-13-37(14-12-21)29-10-3-20(16-35)17-36-29/h3-10,15,17,21,25,28H,2,11-14,18-19H2,1H3/t25-,28+/m0/s1. The number of rotatable bonds is 6. The largest absolute Gasteiger partial charge is 0.415 e. The van der Waals surface area contributed by atoms with Gasteiger partial charge in [-0.3, -0.25) is 4.79 Å². The van der Waals surface area contributed by atoms with Crippen molar-refractivity contribution >= 4 is 29.4 Å². The molecule has 218 valence electrons. The smallest absolute Gasteiger partial charge is 0.410 e. The third-order valence-electron chi connectivity index (χ3n) is 8.01. The number of likely N-dealkylation sites (N-methyl/N-ethyl adjacent to an activating group) is 1. The average Bonchev–Trinajstić information content (AvgIpc) is 3.45. The first kappa shape index (κ1) is 29.3. The second kappa shape index (κ2) is 12.7. The van der Waals surface area contributed by atoms with Gasteiger partial charge < -0.3 is 19.4 Å². The maximum Gasteiger partial charge on any atom is 0.415 e. The number of carbonyl (C=O) groups is 2. The van der Waals surface area contributed by atoms with Crippen LogP contribution in [0.25, 0.3) is 0 Å². The van der Waals surface area contributed by atoms with E-state index in [2.05, 4.69) is 16.0 Å². The molecule has 1 aromatic heterocycles. The van der Waals surface area contributed by atoms with Crippen LogP contribution in [0.1, 0.15) is 36.8 Å². The van der Waals surface area contributed by atoms with Crippen molar-refractivity contribution < 1.29 is 23.1 Å². The van der Waals surface area contributed by atoms with Gasteiger partial charge in [-0.15, -0.1) is 0 Å². The summed E-state index contributed by atoms with van der Waals surface area (Å²) < 4.78 is 33.4. The number of hydrogen-bond acceptors (Lipinski definition) is 6. The van der Waals surface area contributed by atoms with Crippen LogP contribution < -0.4 is 9.64 Å². The highest BCUT2D eigenvalue weighted by atomic mass is 35.5. The normalized spacial score (nSPS) is 18.9. The molecule has 0 bridgehead atoms. The van der Waals surface area contributed by atoms with Gasteiger partial charge >= 0.3 is 6.09 Å². The lowest BCUT2D eigenvalue weighted by atomic mass is 9.93. The highest BCUT2D eigenvalue weighted by Gasteiger charge is 2.43. The summed E-state index contributed by atoms with van der Waals surface area (Å²) in [4.78, 5) is 36.8. The van der Waals surface area contributed by atoms with Gasteiger partial charge in [-0.05, 0) is 73.9 Å². The molecule has 2 fully saturated rings. The zero-order chi connectivity index (χ0) is 29.8. The molecule has 11 heteroatoms. The van der Waals surface area contributed by atoms with Crippen LogP contribution in [0.3, 0.4) is 0 Å². The molecule has 2 saturated heterocycles. The van der Waals surface area contributed by atoms with Crippen LogP contribution in [0.4, 0.5) is 19.4 Å². The second-order valence-electron chi connectivity index (χ2n) is 10.5. The van der Waals surface area contributed by atoms with Gasteiger partial charge in [0.2, 0.25) is 5.91 Å². The Hall–Kier alpha value is -4.23. The van der Waals surface area contributed by atoms with E-state index in [1.807, 2.05) is 13.0 Å². The molecule has 2 aliphatic rings. The number of anilines is 1. The van der Waals surface area contributed by atoms with Crippen LogP contribution >= 0.6 is 11.6 Å². The molecule has 0 N–H and O–H groups in total. The molecule has 3 aromatic rings. The quantitative estimate of drug-likeness (QED) is 0.369. The van der Waals surface area contributed by atoms with Crippen molar-refractivity contribution in [3.63, 3.8) is 0 Å². The third kappa shape index (κ3) is 6.31. The summed E-state index contributed by atoms with van der Waals surface area (Å²) in [6, 6.07) is 14.8. The molecule has 2 aliphatic heterocycles. The Balaban J connectivity index is 1.32. The topological polar surface area (TPSA) is 89.8 Å². The third-order valence-corrected chi connectivity index (χ3v) is 8.32. The van der Waals surface area contributed by atoms with E-state index in [0.717, 1.165) is 5.82 Å². The Morgan fingerprint density at radius 1 is 1.10 bits per heavy atom. The minimum atomic E-state index is -0.633. The molecule has 2 amide bonds. The monoisotopic (exact) mass is 593 g/mol. The number of piperidine rings is 1. The van der Waals surface area contributed by atoms with Crippen molar-refractivity contribution in [1.29, 1.82) is 5.26 Å². The number of pyridine rings is 1. The van der Waals surface area contributed by atoms with Crippen LogP contribution in [0.15, 0.2) is 60.8 Å². The first-order chi connectivity index (χ1) is 20.3. The Kier molecular flexibility index (Phi) is 8.88. The van der Waals surface area contributed by atoms with Crippen LogP contribution in [-0.4, -0.2) is 65.5 Å². The molecule has 3 heterocycles. The highest BCUT2D eigenvalue weighted by Crippen LogP contribution is 2.35.